The van der Waals surface area contributed by atoms with Crippen LogP contribution in [0, 0.1) is 0 Å². The normalized spacial score (nSPS) is 9.80. The summed E-state index contributed by atoms with van der Waals surface area (Å²) in [7, 11) is 0. The van der Waals surface area contributed by atoms with E-state index in [9.17, 15) is 0 Å². The Morgan fingerprint density at radius 3 is 2.30 bits per heavy atom. The molecule has 0 heterocycles. The molecule has 0 aliphatic rings. The summed E-state index contributed by atoms with van der Waals surface area (Å²) in [6.45, 7) is 0. The lowest BCUT2D eigenvalue weighted by Crippen LogP contribution is -1.70. The van der Waals surface area contributed by atoms with Gasteiger partial charge in [-0.3, -0.25) is 0 Å². The van der Waals surface area contributed by atoms with Crippen molar-refractivity contribution in [1.82, 2.24) is 0 Å². The standard InChI is InChI=1S/C6H4BrClO2/c7-3-1-4(8)6(10)2-5(3)9/h1-2,9-10H. The van der Waals surface area contributed by atoms with E-state index in [1.54, 1.807) is 0 Å². The third kappa shape index (κ3) is 1.36. The number of aromatic hydroxyl groups is 2. The lowest BCUT2D eigenvalue weighted by Gasteiger charge is -1.98. The average molecular weight is 223 g/mol. The fourth-order valence-corrected chi connectivity index (χ4v) is 1.17. The first-order valence-corrected chi connectivity index (χ1v) is 3.65. The second-order valence-electron chi connectivity index (χ2n) is 1.76. The molecule has 10 heavy (non-hydrogen) atoms. The molecule has 0 radical (unpaired) electrons. The highest BCUT2D eigenvalue weighted by molar-refractivity contribution is 9.10. The summed E-state index contributed by atoms with van der Waals surface area (Å²) < 4.78 is 0.468. The SMILES string of the molecule is Oc1cc(O)c(Br)cc1Cl. The molecule has 0 unspecified atom stereocenters. The first-order chi connectivity index (χ1) is 4.61. The zero-order chi connectivity index (χ0) is 7.72. The first-order valence-electron chi connectivity index (χ1n) is 2.48. The predicted octanol–water partition coefficient (Wildman–Crippen LogP) is 2.51. The molecule has 2 nitrogen and oxygen atoms in total. The molecule has 0 aliphatic heterocycles. The summed E-state index contributed by atoms with van der Waals surface area (Å²) in [6, 6.07) is 2.60. The van der Waals surface area contributed by atoms with Crippen molar-refractivity contribution in [2.75, 3.05) is 0 Å². The molecular formula is C6H4BrClO2. The van der Waals surface area contributed by atoms with Crippen LogP contribution in [0.25, 0.3) is 0 Å². The smallest absolute Gasteiger partial charge is 0.137 e. The molecule has 0 spiro atoms. The van der Waals surface area contributed by atoms with Crippen molar-refractivity contribution < 1.29 is 10.2 Å². The van der Waals surface area contributed by atoms with Crippen LogP contribution in [0.2, 0.25) is 5.02 Å². The van der Waals surface area contributed by atoms with Crippen LogP contribution in [0.15, 0.2) is 16.6 Å². The second kappa shape index (κ2) is 2.68. The average Bonchev–Trinajstić information content (AvgIpc) is 1.84. The van der Waals surface area contributed by atoms with Gasteiger partial charge in [0, 0.05) is 6.07 Å². The number of rotatable bonds is 0. The van der Waals surface area contributed by atoms with E-state index in [0.717, 1.165) is 0 Å². The number of benzene rings is 1. The van der Waals surface area contributed by atoms with Gasteiger partial charge in [0.15, 0.2) is 0 Å². The molecule has 1 aromatic rings. The molecule has 0 amide bonds. The third-order valence-electron chi connectivity index (χ3n) is 1.02. The summed E-state index contributed by atoms with van der Waals surface area (Å²) in [4.78, 5) is 0. The summed E-state index contributed by atoms with van der Waals surface area (Å²) in [5.74, 6) is -0.149. The largest absolute Gasteiger partial charge is 0.507 e. The fraction of sp³-hybridized carbons (Fsp3) is 0. The fourth-order valence-electron chi connectivity index (χ4n) is 0.527. The molecule has 1 aromatic carbocycles. The van der Waals surface area contributed by atoms with Crippen LogP contribution in [-0.2, 0) is 0 Å². The highest BCUT2D eigenvalue weighted by atomic mass is 79.9. The summed E-state index contributed by atoms with van der Waals surface area (Å²) >= 11 is 8.53. The van der Waals surface area contributed by atoms with Crippen molar-refractivity contribution >= 4 is 27.5 Å². The lowest BCUT2D eigenvalue weighted by atomic mass is 10.3. The van der Waals surface area contributed by atoms with E-state index in [4.69, 9.17) is 21.8 Å². The molecule has 0 aliphatic carbocycles. The van der Waals surface area contributed by atoms with Gasteiger partial charge in [0.25, 0.3) is 0 Å². The van der Waals surface area contributed by atoms with Crippen LogP contribution in [0.3, 0.4) is 0 Å². The van der Waals surface area contributed by atoms with Crippen LogP contribution in [-0.4, -0.2) is 10.2 Å². The molecule has 54 valence electrons. The molecule has 0 fully saturated rings. The van der Waals surface area contributed by atoms with E-state index >= 15 is 0 Å². The quantitative estimate of drug-likeness (QED) is 0.709. The van der Waals surface area contributed by atoms with E-state index in [1.807, 2.05) is 0 Å². The van der Waals surface area contributed by atoms with Crippen LogP contribution in [0.5, 0.6) is 11.5 Å². The highest BCUT2D eigenvalue weighted by Gasteiger charge is 2.02. The van der Waals surface area contributed by atoms with Crippen molar-refractivity contribution in [3.63, 3.8) is 0 Å². The van der Waals surface area contributed by atoms with Gasteiger partial charge in [-0.2, -0.15) is 0 Å². The Balaban J connectivity index is 3.28. The van der Waals surface area contributed by atoms with Crippen LogP contribution >= 0.6 is 27.5 Å². The molecule has 1 rings (SSSR count). The maximum absolute atomic E-state index is 8.96. The Bertz CT molecular complexity index is 212. The van der Waals surface area contributed by atoms with Crippen molar-refractivity contribution in [2.45, 2.75) is 0 Å². The van der Waals surface area contributed by atoms with Gasteiger partial charge in [0.05, 0.1) is 9.50 Å². The zero-order valence-corrected chi connectivity index (χ0v) is 7.15. The minimum atomic E-state index is -0.123. The molecule has 0 bridgehead atoms. The van der Waals surface area contributed by atoms with Crippen molar-refractivity contribution in [1.29, 1.82) is 0 Å². The molecular weight excluding hydrogens is 219 g/mol. The van der Waals surface area contributed by atoms with Crippen molar-refractivity contribution in [2.24, 2.45) is 0 Å². The topological polar surface area (TPSA) is 40.5 Å². The van der Waals surface area contributed by atoms with E-state index in [2.05, 4.69) is 15.9 Å². The van der Waals surface area contributed by atoms with Crippen molar-refractivity contribution in [3.05, 3.63) is 21.6 Å². The maximum atomic E-state index is 8.96. The minimum absolute atomic E-state index is 0.0260. The van der Waals surface area contributed by atoms with Gasteiger partial charge in [-0.1, -0.05) is 11.6 Å². The summed E-state index contributed by atoms with van der Waals surface area (Å²) in [6.07, 6.45) is 0. The van der Waals surface area contributed by atoms with Gasteiger partial charge in [-0.05, 0) is 22.0 Å². The Labute approximate surface area is 71.2 Å². The van der Waals surface area contributed by atoms with Crippen LogP contribution in [0.4, 0.5) is 0 Å². The Hall–Kier alpha value is -0.410. The number of phenolic OH excluding ortho intramolecular Hbond substituents is 2. The molecule has 0 saturated heterocycles. The summed E-state index contributed by atoms with van der Waals surface area (Å²) in [5, 5.41) is 18.1. The number of halogens is 2. The summed E-state index contributed by atoms with van der Waals surface area (Å²) in [5.41, 5.74) is 0. The number of hydrogen-bond donors (Lipinski definition) is 2. The predicted molar refractivity (Wildman–Crippen MR) is 42.5 cm³/mol. The molecule has 0 saturated carbocycles. The zero-order valence-electron chi connectivity index (χ0n) is 4.81. The molecule has 4 heteroatoms. The Morgan fingerprint density at radius 1 is 1.20 bits per heavy atom. The third-order valence-corrected chi connectivity index (χ3v) is 1.95. The Kier molecular flexibility index (Phi) is 2.06. The highest BCUT2D eigenvalue weighted by Crippen LogP contribution is 2.33. The van der Waals surface area contributed by atoms with Crippen LogP contribution in [0.1, 0.15) is 0 Å². The molecule has 0 aromatic heterocycles. The maximum Gasteiger partial charge on any atom is 0.137 e. The van der Waals surface area contributed by atoms with Gasteiger partial charge >= 0.3 is 0 Å². The van der Waals surface area contributed by atoms with Gasteiger partial charge in [-0.15, -0.1) is 0 Å². The monoisotopic (exact) mass is 222 g/mol. The van der Waals surface area contributed by atoms with Crippen molar-refractivity contribution in [3.8, 4) is 11.5 Å². The first kappa shape index (κ1) is 7.69. The number of phenols is 2. The van der Waals surface area contributed by atoms with E-state index < -0.39 is 0 Å². The lowest BCUT2D eigenvalue weighted by molar-refractivity contribution is 0.448. The van der Waals surface area contributed by atoms with E-state index in [0.29, 0.717) is 4.47 Å². The van der Waals surface area contributed by atoms with Gasteiger partial charge < -0.3 is 10.2 Å². The Morgan fingerprint density at radius 2 is 1.80 bits per heavy atom. The van der Waals surface area contributed by atoms with E-state index in [-0.39, 0.29) is 16.5 Å². The van der Waals surface area contributed by atoms with Gasteiger partial charge in [0.2, 0.25) is 0 Å². The van der Waals surface area contributed by atoms with Crippen LogP contribution < -0.4 is 0 Å². The minimum Gasteiger partial charge on any atom is -0.507 e. The molecule has 0 atom stereocenters. The van der Waals surface area contributed by atoms with Gasteiger partial charge in [0.1, 0.15) is 11.5 Å². The number of hydrogen-bond acceptors (Lipinski definition) is 2. The van der Waals surface area contributed by atoms with Gasteiger partial charge in [-0.25, -0.2) is 0 Å². The molecule has 2 N–H and O–H groups in total. The second-order valence-corrected chi connectivity index (χ2v) is 3.02. The van der Waals surface area contributed by atoms with E-state index in [1.165, 1.54) is 12.1 Å².